The van der Waals surface area contributed by atoms with Crippen molar-refractivity contribution in [2.75, 3.05) is 5.32 Å². The van der Waals surface area contributed by atoms with Crippen LogP contribution in [0.5, 0.6) is 0 Å². The molecule has 3 rings (SSSR count). The molecular formula is C17H24IN5S. The van der Waals surface area contributed by atoms with Crippen LogP contribution < -0.4 is 11.1 Å². The van der Waals surface area contributed by atoms with Gasteiger partial charge >= 0.3 is 0 Å². The minimum absolute atomic E-state index is 0. The number of anilines is 1. The van der Waals surface area contributed by atoms with Gasteiger partial charge in [0.15, 0.2) is 5.96 Å². The second-order valence-electron chi connectivity index (χ2n) is 6.17. The predicted molar refractivity (Wildman–Crippen MR) is 111 cm³/mol. The van der Waals surface area contributed by atoms with Gasteiger partial charge in [-0.25, -0.2) is 4.99 Å². The Morgan fingerprint density at radius 1 is 1.29 bits per heavy atom. The Hall–Kier alpha value is -1.22. The van der Waals surface area contributed by atoms with Crippen LogP contribution >= 0.6 is 35.3 Å². The summed E-state index contributed by atoms with van der Waals surface area (Å²) in [7, 11) is 0. The number of benzene rings is 1. The summed E-state index contributed by atoms with van der Waals surface area (Å²) in [4.78, 5) is 4.40. The van der Waals surface area contributed by atoms with Gasteiger partial charge in [0.1, 0.15) is 10.0 Å². The number of nitrogens with two attached hydrogens (primary N) is 1. The molecule has 0 saturated carbocycles. The molecule has 0 bridgehead atoms. The SMILES string of the molecule is CC(C)c1nnc(CN=C(N)Nc2cccc3c2CCCC3)s1.I. The highest BCUT2D eigenvalue weighted by atomic mass is 127. The fourth-order valence-electron chi connectivity index (χ4n) is 2.79. The molecule has 7 heteroatoms. The van der Waals surface area contributed by atoms with Crippen molar-refractivity contribution in [3.05, 3.63) is 39.3 Å². The van der Waals surface area contributed by atoms with E-state index < -0.39 is 0 Å². The first-order valence-electron chi connectivity index (χ1n) is 8.13. The van der Waals surface area contributed by atoms with Crippen molar-refractivity contribution in [3.8, 4) is 0 Å². The number of halogens is 1. The van der Waals surface area contributed by atoms with E-state index in [1.165, 1.54) is 24.0 Å². The fraction of sp³-hybridized carbons (Fsp3) is 0.471. The van der Waals surface area contributed by atoms with Crippen LogP contribution in [0.2, 0.25) is 0 Å². The summed E-state index contributed by atoms with van der Waals surface area (Å²) in [5.74, 6) is 0.835. The Morgan fingerprint density at radius 2 is 2.08 bits per heavy atom. The Morgan fingerprint density at radius 3 is 2.83 bits per heavy atom. The molecule has 1 heterocycles. The molecule has 0 spiro atoms. The van der Waals surface area contributed by atoms with Gasteiger partial charge in [-0.2, -0.15) is 0 Å². The maximum Gasteiger partial charge on any atom is 0.193 e. The minimum Gasteiger partial charge on any atom is -0.370 e. The molecule has 0 saturated heterocycles. The zero-order valence-corrected chi connectivity index (χ0v) is 17.2. The Balaban J connectivity index is 0.00000208. The first kappa shape index (κ1) is 19.1. The zero-order valence-electron chi connectivity index (χ0n) is 14.1. The third kappa shape index (κ3) is 4.66. The zero-order chi connectivity index (χ0) is 16.2. The van der Waals surface area contributed by atoms with Gasteiger partial charge in [-0.3, -0.25) is 0 Å². The summed E-state index contributed by atoms with van der Waals surface area (Å²) in [6, 6.07) is 6.37. The molecule has 0 atom stereocenters. The molecule has 1 aromatic heterocycles. The lowest BCUT2D eigenvalue weighted by Crippen LogP contribution is -2.24. The summed E-state index contributed by atoms with van der Waals surface area (Å²) < 4.78 is 0. The second kappa shape index (κ2) is 8.75. The van der Waals surface area contributed by atoms with Crippen LogP contribution in [0.1, 0.15) is 53.7 Å². The fourth-order valence-corrected chi connectivity index (χ4v) is 3.56. The van der Waals surface area contributed by atoms with Gasteiger partial charge in [0.25, 0.3) is 0 Å². The lowest BCUT2D eigenvalue weighted by Gasteiger charge is -2.19. The highest BCUT2D eigenvalue weighted by molar-refractivity contribution is 14.0. The van der Waals surface area contributed by atoms with Crippen LogP contribution in [0.25, 0.3) is 0 Å². The maximum atomic E-state index is 6.05. The van der Waals surface area contributed by atoms with Gasteiger partial charge in [0.05, 0.1) is 6.54 Å². The predicted octanol–water partition coefficient (Wildman–Crippen LogP) is 4.09. The molecule has 1 aromatic carbocycles. The monoisotopic (exact) mass is 457 g/mol. The number of aromatic nitrogens is 2. The van der Waals surface area contributed by atoms with Crippen LogP contribution in [-0.2, 0) is 19.4 Å². The third-order valence-corrected chi connectivity index (χ3v) is 5.23. The van der Waals surface area contributed by atoms with E-state index >= 15 is 0 Å². The average molecular weight is 457 g/mol. The van der Waals surface area contributed by atoms with E-state index in [1.807, 2.05) is 0 Å². The standard InChI is InChI=1S/C17H23N5S.HI/c1-11(2)16-22-21-15(23-16)10-19-17(18)20-14-9-5-7-12-6-3-4-8-13(12)14;/h5,7,9,11H,3-4,6,8,10H2,1-2H3,(H3,18,19,20);1H. The normalized spacial score (nSPS) is 14.2. The van der Waals surface area contributed by atoms with E-state index in [2.05, 4.69) is 52.6 Å². The number of nitrogens with one attached hydrogen (secondary N) is 1. The van der Waals surface area contributed by atoms with Crippen LogP contribution in [0.15, 0.2) is 23.2 Å². The van der Waals surface area contributed by atoms with Gasteiger partial charge in [0.2, 0.25) is 0 Å². The van der Waals surface area contributed by atoms with E-state index in [-0.39, 0.29) is 24.0 Å². The van der Waals surface area contributed by atoms with Crippen molar-refractivity contribution in [1.29, 1.82) is 0 Å². The number of guanidine groups is 1. The van der Waals surface area contributed by atoms with Crippen molar-refractivity contribution in [2.45, 2.75) is 52.0 Å². The Kier molecular flexibility index (Phi) is 6.97. The number of aryl methyl sites for hydroxylation is 1. The van der Waals surface area contributed by atoms with E-state index in [9.17, 15) is 0 Å². The topological polar surface area (TPSA) is 76.2 Å². The quantitative estimate of drug-likeness (QED) is 0.412. The van der Waals surface area contributed by atoms with Crippen molar-refractivity contribution in [1.82, 2.24) is 10.2 Å². The first-order chi connectivity index (χ1) is 11.1. The summed E-state index contributed by atoms with van der Waals surface area (Å²) in [5.41, 5.74) is 9.95. The van der Waals surface area contributed by atoms with E-state index in [0.29, 0.717) is 18.4 Å². The maximum absolute atomic E-state index is 6.05. The molecule has 0 aliphatic heterocycles. The first-order valence-corrected chi connectivity index (χ1v) is 8.95. The number of rotatable bonds is 4. The van der Waals surface area contributed by atoms with E-state index in [1.54, 1.807) is 11.3 Å². The van der Waals surface area contributed by atoms with Gasteiger partial charge in [-0.15, -0.1) is 34.2 Å². The Bertz CT molecular complexity index is 711. The molecular weight excluding hydrogens is 433 g/mol. The van der Waals surface area contributed by atoms with Gasteiger partial charge < -0.3 is 11.1 Å². The van der Waals surface area contributed by atoms with Crippen molar-refractivity contribution in [2.24, 2.45) is 10.7 Å². The van der Waals surface area contributed by atoms with E-state index in [4.69, 9.17) is 5.73 Å². The summed E-state index contributed by atoms with van der Waals surface area (Å²) in [6.07, 6.45) is 4.78. The van der Waals surface area contributed by atoms with Crippen LogP contribution in [-0.4, -0.2) is 16.2 Å². The number of hydrogen-bond donors (Lipinski definition) is 2. The van der Waals surface area contributed by atoms with Crippen molar-refractivity contribution < 1.29 is 0 Å². The number of aliphatic imine (C=N–C) groups is 1. The molecule has 3 N–H and O–H groups in total. The number of fused-ring (bicyclic) bond motifs is 1. The number of hydrogen-bond acceptors (Lipinski definition) is 4. The van der Waals surface area contributed by atoms with Gasteiger partial charge in [0, 0.05) is 11.6 Å². The highest BCUT2D eigenvalue weighted by Crippen LogP contribution is 2.27. The van der Waals surface area contributed by atoms with Crippen LogP contribution in [0, 0.1) is 0 Å². The molecule has 2 aromatic rings. The lowest BCUT2D eigenvalue weighted by atomic mass is 9.90. The molecule has 0 amide bonds. The molecule has 130 valence electrons. The van der Waals surface area contributed by atoms with Gasteiger partial charge in [-0.05, 0) is 42.9 Å². The highest BCUT2D eigenvalue weighted by Gasteiger charge is 2.13. The molecule has 24 heavy (non-hydrogen) atoms. The largest absolute Gasteiger partial charge is 0.370 e. The molecule has 1 aliphatic rings. The van der Waals surface area contributed by atoms with Crippen LogP contribution in [0.3, 0.4) is 0 Å². The summed E-state index contributed by atoms with van der Waals surface area (Å²) in [6.45, 7) is 4.70. The Labute approximate surface area is 164 Å². The van der Waals surface area contributed by atoms with Crippen LogP contribution in [0.4, 0.5) is 5.69 Å². The molecule has 5 nitrogen and oxygen atoms in total. The minimum atomic E-state index is 0. The van der Waals surface area contributed by atoms with Crippen molar-refractivity contribution in [3.63, 3.8) is 0 Å². The molecule has 0 unspecified atom stereocenters. The van der Waals surface area contributed by atoms with Gasteiger partial charge in [-0.1, -0.05) is 37.3 Å². The molecule has 0 fully saturated rings. The lowest BCUT2D eigenvalue weighted by molar-refractivity contribution is 0.687. The number of nitrogens with zero attached hydrogens (tertiary/aromatic N) is 3. The molecule has 1 aliphatic carbocycles. The van der Waals surface area contributed by atoms with Crippen molar-refractivity contribution >= 4 is 47.0 Å². The average Bonchev–Trinajstić information content (AvgIpc) is 3.03. The smallest absolute Gasteiger partial charge is 0.193 e. The second-order valence-corrected chi connectivity index (χ2v) is 7.26. The summed E-state index contributed by atoms with van der Waals surface area (Å²) >= 11 is 1.60. The van der Waals surface area contributed by atoms with E-state index in [0.717, 1.165) is 28.5 Å². The third-order valence-electron chi connectivity index (χ3n) is 4.02. The molecule has 0 radical (unpaired) electrons. The summed E-state index contributed by atoms with van der Waals surface area (Å²) in [5, 5.41) is 13.5.